The molecule has 0 aromatic rings. The molecule has 0 aliphatic heterocycles. The molecular weight excluding hydrogens is 116 g/mol. The Morgan fingerprint density at radius 1 is 1.67 bits per heavy atom. The summed E-state index contributed by atoms with van der Waals surface area (Å²) >= 11 is 0. The van der Waals surface area contributed by atoms with Crippen LogP contribution in [0.3, 0.4) is 0 Å². The van der Waals surface area contributed by atoms with Crippen LogP contribution in [0.25, 0.3) is 0 Å². The van der Waals surface area contributed by atoms with Crippen LogP contribution in [-0.4, -0.2) is 22.9 Å². The van der Waals surface area contributed by atoms with Gasteiger partial charge in [0.2, 0.25) is 0 Å². The fraction of sp³-hybridized carbons (Fsp3) is 0.857. The summed E-state index contributed by atoms with van der Waals surface area (Å²) in [5.41, 5.74) is 0. The average Bonchev–Trinajstić information content (AvgIpc) is 2.37. The van der Waals surface area contributed by atoms with Gasteiger partial charge in [-0.25, -0.2) is 0 Å². The first-order valence-electron chi connectivity index (χ1n) is 3.45. The molecule has 0 saturated heterocycles. The van der Waals surface area contributed by atoms with Gasteiger partial charge < -0.3 is 10.2 Å². The Kier molecular flexibility index (Phi) is 2.49. The van der Waals surface area contributed by atoms with Crippen LogP contribution in [0.5, 0.6) is 0 Å². The van der Waals surface area contributed by atoms with E-state index >= 15 is 0 Å². The molecular formula is C7H13O2. The Morgan fingerprint density at radius 3 is 2.89 bits per heavy atom. The van der Waals surface area contributed by atoms with Gasteiger partial charge in [-0.2, -0.15) is 0 Å². The second-order valence-electron chi connectivity index (χ2n) is 2.61. The van der Waals surface area contributed by atoms with E-state index in [4.69, 9.17) is 10.2 Å². The molecule has 2 N–H and O–H groups in total. The van der Waals surface area contributed by atoms with Crippen LogP contribution in [0.15, 0.2) is 0 Å². The largest absolute Gasteiger partial charge is 0.394 e. The second-order valence-corrected chi connectivity index (χ2v) is 2.61. The van der Waals surface area contributed by atoms with E-state index in [1.165, 1.54) is 0 Å². The maximum atomic E-state index is 9.09. The molecule has 53 valence electrons. The summed E-state index contributed by atoms with van der Waals surface area (Å²) in [6.45, 7) is -0.0848. The number of aliphatic hydroxyl groups excluding tert-OH is 2. The van der Waals surface area contributed by atoms with Crippen LogP contribution >= 0.6 is 0 Å². The molecule has 0 bridgehead atoms. The fourth-order valence-electron chi connectivity index (χ4n) is 1.28. The SMILES string of the molecule is OCC(O)C1C[CH]CC1. The van der Waals surface area contributed by atoms with Crippen LogP contribution in [-0.2, 0) is 0 Å². The molecule has 2 atom stereocenters. The highest BCUT2D eigenvalue weighted by molar-refractivity contribution is 4.84. The van der Waals surface area contributed by atoms with Crippen LogP contribution in [0.1, 0.15) is 19.3 Å². The molecule has 1 saturated carbocycles. The predicted molar refractivity (Wildman–Crippen MR) is 34.7 cm³/mol. The molecule has 0 spiro atoms. The van der Waals surface area contributed by atoms with Gasteiger partial charge in [0.1, 0.15) is 0 Å². The summed E-state index contributed by atoms with van der Waals surface area (Å²) in [6.07, 6.45) is 4.80. The van der Waals surface area contributed by atoms with Crippen LogP contribution in [0.4, 0.5) is 0 Å². The lowest BCUT2D eigenvalue weighted by molar-refractivity contribution is 0.0503. The van der Waals surface area contributed by atoms with Gasteiger partial charge in [0.15, 0.2) is 0 Å². The van der Waals surface area contributed by atoms with Gasteiger partial charge in [0, 0.05) is 0 Å². The minimum atomic E-state index is -0.483. The van der Waals surface area contributed by atoms with E-state index in [1.807, 2.05) is 0 Å². The second kappa shape index (κ2) is 3.18. The molecule has 1 radical (unpaired) electrons. The molecule has 2 heteroatoms. The quantitative estimate of drug-likeness (QED) is 0.564. The molecule has 1 rings (SSSR count). The van der Waals surface area contributed by atoms with E-state index < -0.39 is 6.10 Å². The lowest BCUT2D eigenvalue weighted by Gasteiger charge is -2.13. The van der Waals surface area contributed by atoms with Crippen molar-refractivity contribution in [3.8, 4) is 0 Å². The lowest BCUT2D eigenvalue weighted by Crippen LogP contribution is -2.21. The minimum absolute atomic E-state index is 0.0848. The highest BCUT2D eigenvalue weighted by Gasteiger charge is 2.21. The van der Waals surface area contributed by atoms with E-state index in [0.717, 1.165) is 19.3 Å². The molecule has 2 nitrogen and oxygen atoms in total. The van der Waals surface area contributed by atoms with E-state index in [2.05, 4.69) is 6.42 Å². The molecule has 9 heavy (non-hydrogen) atoms. The molecule has 0 amide bonds. The zero-order valence-corrected chi connectivity index (χ0v) is 5.45. The topological polar surface area (TPSA) is 40.5 Å². The van der Waals surface area contributed by atoms with Gasteiger partial charge in [-0.3, -0.25) is 0 Å². The van der Waals surface area contributed by atoms with Crippen molar-refractivity contribution in [3.05, 3.63) is 6.42 Å². The first kappa shape index (κ1) is 7.03. The summed E-state index contributed by atoms with van der Waals surface area (Å²) in [5.74, 6) is 0.329. The normalized spacial score (nSPS) is 24.7. The predicted octanol–water partition coefficient (Wildman–Crippen LogP) is 0.344. The van der Waals surface area contributed by atoms with Gasteiger partial charge in [0.05, 0.1) is 12.7 Å². The van der Waals surface area contributed by atoms with Gasteiger partial charge in [-0.1, -0.05) is 0 Å². The van der Waals surface area contributed by atoms with Crippen molar-refractivity contribution in [2.75, 3.05) is 6.61 Å². The standard InChI is InChI=1S/C7H13O2/c8-5-7(9)6-3-1-2-4-6/h1,6-9H,2-5H2. The van der Waals surface area contributed by atoms with Crippen LogP contribution in [0.2, 0.25) is 0 Å². The molecule has 1 aliphatic carbocycles. The van der Waals surface area contributed by atoms with Crippen LogP contribution in [0, 0.1) is 12.3 Å². The molecule has 2 unspecified atom stereocenters. The van der Waals surface area contributed by atoms with Crippen molar-refractivity contribution < 1.29 is 10.2 Å². The Balaban J connectivity index is 2.24. The zero-order valence-electron chi connectivity index (χ0n) is 5.45. The van der Waals surface area contributed by atoms with Gasteiger partial charge >= 0.3 is 0 Å². The third-order valence-corrected chi connectivity index (χ3v) is 1.94. The average molecular weight is 129 g/mol. The van der Waals surface area contributed by atoms with Crippen LogP contribution < -0.4 is 0 Å². The van der Waals surface area contributed by atoms with Crippen molar-refractivity contribution in [1.82, 2.24) is 0 Å². The Hall–Kier alpha value is -0.0800. The first-order valence-corrected chi connectivity index (χ1v) is 3.45. The summed E-state index contributed by atoms with van der Waals surface area (Å²) in [6, 6.07) is 0. The van der Waals surface area contributed by atoms with Gasteiger partial charge in [0.25, 0.3) is 0 Å². The highest BCUT2D eigenvalue weighted by Crippen LogP contribution is 2.26. The molecule has 1 fully saturated rings. The summed E-state index contributed by atoms with van der Waals surface area (Å²) in [4.78, 5) is 0. The molecule has 0 heterocycles. The smallest absolute Gasteiger partial charge is 0.0799 e. The fourth-order valence-corrected chi connectivity index (χ4v) is 1.28. The lowest BCUT2D eigenvalue weighted by atomic mass is 10.0. The molecule has 0 aromatic heterocycles. The van der Waals surface area contributed by atoms with Gasteiger partial charge in [-0.15, -0.1) is 0 Å². The number of rotatable bonds is 2. The van der Waals surface area contributed by atoms with Crippen molar-refractivity contribution in [3.63, 3.8) is 0 Å². The Morgan fingerprint density at radius 2 is 2.44 bits per heavy atom. The molecule has 0 aromatic carbocycles. The van der Waals surface area contributed by atoms with Crippen molar-refractivity contribution >= 4 is 0 Å². The third-order valence-electron chi connectivity index (χ3n) is 1.94. The van der Waals surface area contributed by atoms with E-state index in [9.17, 15) is 0 Å². The number of hydrogen-bond donors (Lipinski definition) is 2. The maximum absolute atomic E-state index is 9.09. The number of hydrogen-bond acceptors (Lipinski definition) is 2. The zero-order chi connectivity index (χ0) is 6.69. The number of aliphatic hydroxyl groups is 2. The summed E-state index contributed by atoms with van der Waals surface area (Å²) < 4.78 is 0. The first-order chi connectivity index (χ1) is 4.34. The summed E-state index contributed by atoms with van der Waals surface area (Å²) in [7, 11) is 0. The summed E-state index contributed by atoms with van der Waals surface area (Å²) in [5, 5.41) is 17.6. The Bertz CT molecular complexity index is 77.0. The third kappa shape index (κ3) is 1.66. The maximum Gasteiger partial charge on any atom is 0.0799 e. The van der Waals surface area contributed by atoms with E-state index in [-0.39, 0.29) is 6.61 Å². The van der Waals surface area contributed by atoms with E-state index in [1.54, 1.807) is 0 Å². The van der Waals surface area contributed by atoms with Crippen molar-refractivity contribution in [2.45, 2.75) is 25.4 Å². The highest BCUT2D eigenvalue weighted by atomic mass is 16.3. The van der Waals surface area contributed by atoms with Crippen molar-refractivity contribution in [1.29, 1.82) is 0 Å². The molecule has 1 aliphatic rings. The van der Waals surface area contributed by atoms with E-state index in [0.29, 0.717) is 5.92 Å². The van der Waals surface area contributed by atoms with Crippen molar-refractivity contribution in [2.24, 2.45) is 5.92 Å². The Labute approximate surface area is 55.5 Å². The minimum Gasteiger partial charge on any atom is -0.394 e. The monoisotopic (exact) mass is 129 g/mol. The van der Waals surface area contributed by atoms with Gasteiger partial charge in [-0.05, 0) is 31.6 Å².